The third-order valence-electron chi connectivity index (χ3n) is 5.18. The van der Waals surface area contributed by atoms with Gasteiger partial charge in [0.15, 0.2) is 5.82 Å². The maximum atomic E-state index is 13.0. The highest BCUT2D eigenvalue weighted by Gasteiger charge is 2.61. The van der Waals surface area contributed by atoms with E-state index < -0.39 is 24.2 Å². The van der Waals surface area contributed by atoms with Crippen molar-refractivity contribution in [3.05, 3.63) is 12.4 Å². The van der Waals surface area contributed by atoms with Crippen LogP contribution in [0.4, 0.5) is 14.7 Å². The predicted octanol–water partition coefficient (Wildman–Crippen LogP) is 2.92. The number of nitrogens with two attached hydrogens (primary N) is 1. The van der Waals surface area contributed by atoms with Crippen LogP contribution < -0.4 is 11.1 Å². The first-order valence-corrected chi connectivity index (χ1v) is 8.63. The smallest absolute Gasteiger partial charge is 0.260 e. The van der Waals surface area contributed by atoms with E-state index in [1.54, 1.807) is 4.68 Å². The van der Waals surface area contributed by atoms with Crippen molar-refractivity contribution in [3.63, 3.8) is 0 Å². The fraction of sp³-hybridized carbons (Fsp3) is 0.706. The predicted molar refractivity (Wildman–Crippen MR) is 93.0 cm³/mol. The zero-order valence-electron chi connectivity index (χ0n) is 15.1. The Labute approximate surface area is 146 Å². The topological polar surface area (TPSA) is 85.8 Å². The molecule has 3 N–H and O–H groups in total. The van der Waals surface area contributed by atoms with Crippen LogP contribution in [0, 0.1) is 17.3 Å². The van der Waals surface area contributed by atoms with E-state index in [2.05, 4.69) is 42.7 Å². The Kier molecular flexibility index (Phi) is 5.61. The summed E-state index contributed by atoms with van der Waals surface area (Å²) in [6, 6.07) is 0. The summed E-state index contributed by atoms with van der Waals surface area (Å²) in [5, 5.41) is 6.61. The van der Waals surface area contributed by atoms with Gasteiger partial charge in [0.1, 0.15) is 5.92 Å². The summed E-state index contributed by atoms with van der Waals surface area (Å²) >= 11 is 0. The minimum atomic E-state index is -2.91. The van der Waals surface area contributed by atoms with Crippen molar-refractivity contribution in [2.24, 2.45) is 23.0 Å². The number of aromatic nitrogens is 3. The minimum Gasteiger partial charge on any atom is -0.330 e. The van der Waals surface area contributed by atoms with E-state index in [-0.39, 0.29) is 17.3 Å². The lowest BCUT2D eigenvalue weighted by atomic mass is 9.74. The van der Waals surface area contributed by atoms with E-state index in [0.29, 0.717) is 18.9 Å². The molecule has 140 valence electrons. The molecule has 25 heavy (non-hydrogen) atoms. The second-order valence-corrected chi connectivity index (χ2v) is 7.20. The fourth-order valence-electron chi connectivity index (χ4n) is 2.99. The average Bonchev–Trinajstić information content (AvgIpc) is 3.03. The highest BCUT2D eigenvalue weighted by molar-refractivity contribution is 5.93. The first kappa shape index (κ1) is 19.5. The first-order valence-electron chi connectivity index (χ1n) is 8.63. The molecule has 1 saturated carbocycles. The maximum absolute atomic E-state index is 13.0. The van der Waals surface area contributed by atoms with Gasteiger partial charge in [-0.15, -0.1) is 5.10 Å². The molecule has 1 aromatic heterocycles. The first-order chi connectivity index (χ1) is 11.7. The molecule has 0 bridgehead atoms. The summed E-state index contributed by atoms with van der Waals surface area (Å²) in [6.07, 6.45) is 3.13. The number of amides is 1. The van der Waals surface area contributed by atoms with Crippen molar-refractivity contribution in [2.45, 2.75) is 52.5 Å². The summed E-state index contributed by atoms with van der Waals surface area (Å²) in [7, 11) is 0. The number of carbonyl (C=O) groups is 1. The highest BCUT2D eigenvalue weighted by Crippen LogP contribution is 2.48. The van der Waals surface area contributed by atoms with Gasteiger partial charge in [-0.1, -0.05) is 33.8 Å². The van der Waals surface area contributed by atoms with Crippen LogP contribution in [-0.2, 0) is 11.3 Å². The Morgan fingerprint density at radius 3 is 2.76 bits per heavy atom. The van der Waals surface area contributed by atoms with Crippen LogP contribution in [0.1, 0.15) is 45.9 Å². The van der Waals surface area contributed by atoms with Crippen molar-refractivity contribution in [1.82, 2.24) is 14.8 Å². The number of alkyl halides is 2. The molecule has 1 aliphatic carbocycles. The molecule has 8 heteroatoms. The van der Waals surface area contributed by atoms with E-state index in [1.807, 2.05) is 0 Å². The molecule has 3 atom stereocenters. The van der Waals surface area contributed by atoms with Crippen molar-refractivity contribution in [2.75, 3.05) is 11.9 Å². The third kappa shape index (κ3) is 4.23. The van der Waals surface area contributed by atoms with E-state index in [1.165, 1.54) is 6.08 Å². The molecule has 1 fully saturated rings. The number of rotatable bonds is 9. The molecule has 0 aromatic carbocycles. The molecule has 1 aromatic rings. The van der Waals surface area contributed by atoms with Crippen LogP contribution in [-0.4, -0.2) is 33.1 Å². The van der Waals surface area contributed by atoms with E-state index in [4.69, 9.17) is 5.73 Å². The largest absolute Gasteiger partial charge is 0.330 e. The Balaban J connectivity index is 2.09. The van der Waals surface area contributed by atoms with Crippen LogP contribution in [0.15, 0.2) is 6.58 Å². The van der Waals surface area contributed by atoms with E-state index >= 15 is 0 Å². The quantitative estimate of drug-likeness (QED) is 0.713. The minimum absolute atomic E-state index is 0.0275. The maximum Gasteiger partial charge on any atom is 0.260 e. The zero-order valence-corrected chi connectivity index (χ0v) is 15.1. The summed E-state index contributed by atoms with van der Waals surface area (Å²) < 4.78 is 27.6. The SMILES string of the molecule is C=Cc1nc(NC(=O)[C@H]2CC2(F)F)nn1C[C@@H](C)C(C)(CN)CCC. The number of hydrogen-bond acceptors (Lipinski definition) is 4. The molecular weight excluding hydrogens is 328 g/mol. The molecular formula is C17H27F2N5O. The van der Waals surface area contributed by atoms with Gasteiger partial charge in [-0.05, 0) is 30.4 Å². The number of nitrogens with zero attached hydrogens (tertiary/aromatic N) is 3. The van der Waals surface area contributed by atoms with Crippen molar-refractivity contribution in [1.29, 1.82) is 0 Å². The Bertz CT molecular complexity index is 645. The molecule has 6 nitrogen and oxygen atoms in total. The van der Waals surface area contributed by atoms with Gasteiger partial charge in [0.05, 0.1) is 0 Å². The van der Waals surface area contributed by atoms with Crippen LogP contribution in [0.25, 0.3) is 6.08 Å². The van der Waals surface area contributed by atoms with E-state index in [9.17, 15) is 13.6 Å². The number of nitrogens with one attached hydrogen (secondary N) is 1. The van der Waals surface area contributed by atoms with Crippen molar-refractivity contribution >= 4 is 17.9 Å². The summed E-state index contributed by atoms with van der Waals surface area (Å²) in [5.74, 6) is -4.21. The number of anilines is 1. The fourth-order valence-corrected chi connectivity index (χ4v) is 2.99. The molecule has 1 amide bonds. The second kappa shape index (κ2) is 7.19. The standard InChI is InChI=1S/C17H27F2N5O/c1-5-7-16(4,10-20)11(3)9-24-13(6-2)21-15(23-24)22-14(25)12-8-17(12,18)19/h6,11-12H,2,5,7-10,20H2,1,3-4H3,(H,22,23,25)/t11-,12-,16?/m1/s1. The average molecular weight is 355 g/mol. The van der Waals surface area contributed by atoms with Crippen molar-refractivity contribution < 1.29 is 13.6 Å². The molecule has 1 heterocycles. The normalized spacial score (nSPS) is 22.1. The van der Waals surface area contributed by atoms with Gasteiger partial charge >= 0.3 is 0 Å². The lowest BCUT2D eigenvalue weighted by Gasteiger charge is -2.34. The van der Waals surface area contributed by atoms with Gasteiger partial charge in [-0.2, -0.15) is 4.98 Å². The van der Waals surface area contributed by atoms with Gasteiger partial charge in [0, 0.05) is 13.0 Å². The van der Waals surface area contributed by atoms with Crippen molar-refractivity contribution in [3.8, 4) is 0 Å². The highest BCUT2D eigenvalue weighted by atomic mass is 19.3. The van der Waals surface area contributed by atoms with Crippen LogP contribution in [0.5, 0.6) is 0 Å². The van der Waals surface area contributed by atoms with Crippen LogP contribution in [0.2, 0.25) is 0 Å². The summed E-state index contributed by atoms with van der Waals surface area (Å²) in [5.41, 5.74) is 5.92. The number of carbonyl (C=O) groups excluding carboxylic acids is 1. The summed E-state index contributed by atoms with van der Waals surface area (Å²) in [6.45, 7) is 11.2. The second-order valence-electron chi connectivity index (χ2n) is 7.20. The molecule has 0 aliphatic heterocycles. The van der Waals surface area contributed by atoms with E-state index in [0.717, 1.165) is 12.8 Å². The molecule has 1 unspecified atom stereocenters. The molecule has 0 spiro atoms. The van der Waals surface area contributed by atoms with Gasteiger partial charge in [0.2, 0.25) is 11.9 Å². The molecule has 0 saturated heterocycles. The molecule has 1 aliphatic rings. The lowest BCUT2D eigenvalue weighted by Crippen LogP contribution is -2.36. The monoisotopic (exact) mass is 355 g/mol. The van der Waals surface area contributed by atoms with Gasteiger partial charge < -0.3 is 5.73 Å². The Morgan fingerprint density at radius 1 is 1.64 bits per heavy atom. The number of halogens is 2. The molecule has 0 radical (unpaired) electrons. The van der Waals surface area contributed by atoms with Gasteiger partial charge in [-0.25, -0.2) is 13.5 Å². The van der Waals surface area contributed by atoms with Crippen LogP contribution in [0.3, 0.4) is 0 Å². The lowest BCUT2D eigenvalue weighted by molar-refractivity contribution is -0.119. The molecule has 2 rings (SSSR count). The number of hydrogen-bond donors (Lipinski definition) is 2. The third-order valence-corrected chi connectivity index (χ3v) is 5.18. The Hall–Kier alpha value is -1.83. The Morgan fingerprint density at radius 2 is 2.28 bits per heavy atom. The summed E-state index contributed by atoms with van der Waals surface area (Å²) in [4.78, 5) is 15.9. The zero-order chi connectivity index (χ0) is 18.8. The van der Waals surface area contributed by atoms with Gasteiger partial charge in [0.25, 0.3) is 5.92 Å². The van der Waals surface area contributed by atoms with Crippen LogP contribution >= 0.6 is 0 Å². The van der Waals surface area contributed by atoms with Gasteiger partial charge in [-0.3, -0.25) is 10.1 Å².